The minimum absolute atomic E-state index is 0.238. The highest BCUT2D eigenvalue weighted by molar-refractivity contribution is 5.49. The van der Waals surface area contributed by atoms with Crippen molar-refractivity contribution in [1.82, 2.24) is 0 Å². The molecule has 5 rings (SSSR count). The zero-order valence-corrected chi connectivity index (χ0v) is 13.1. The number of nitrogens with zero attached hydrogens (tertiary/aromatic N) is 1. The normalized spacial score (nSPS) is 24.7. The molecule has 0 spiro atoms. The Kier molecular flexibility index (Phi) is 2.98. The molecule has 0 saturated carbocycles. The van der Waals surface area contributed by atoms with Crippen LogP contribution in [0.2, 0.25) is 0 Å². The van der Waals surface area contributed by atoms with Crippen LogP contribution in [0.5, 0.6) is 0 Å². The first-order valence-electron chi connectivity index (χ1n) is 8.20. The molecule has 0 radical (unpaired) electrons. The van der Waals surface area contributed by atoms with E-state index in [4.69, 9.17) is 9.57 Å². The van der Waals surface area contributed by atoms with Gasteiger partial charge in [-0.15, -0.1) is 0 Å². The minimum Gasteiger partial charge on any atom is -0.313 e. The Morgan fingerprint density at radius 3 is 2.25 bits per heavy atom. The average Bonchev–Trinajstić information content (AvgIpc) is 2.98. The molecule has 3 aromatic rings. The summed E-state index contributed by atoms with van der Waals surface area (Å²) in [5, 5.41) is 1.90. The van der Waals surface area contributed by atoms with Crippen molar-refractivity contribution >= 4 is 5.69 Å². The Morgan fingerprint density at radius 2 is 1.46 bits per heavy atom. The monoisotopic (exact) mass is 315 g/mol. The summed E-state index contributed by atoms with van der Waals surface area (Å²) in [5.74, 6) is -0.768. The van der Waals surface area contributed by atoms with E-state index in [1.54, 1.807) is 0 Å². The lowest BCUT2D eigenvalue weighted by Crippen LogP contribution is -2.33. The number of hydroxylamine groups is 1. The summed E-state index contributed by atoms with van der Waals surface area (Å²) < 4.78 is 6.47. The van der Waals surface area contributed by atoms with Gasteiger partial charge < -0.3 is 4.74 Å². The van der Waals surface area contributed by atoms with Crippen molar-refractivity contribution in [2.45, 2.75) is 18.4 Å². The molecule has 2 heterocycles. The lowest BCUT2D eigenvalue weighted by Gasteiger charge is -2.30. The summed E-state index contributed by atoms with van der Waals surface area (Å²) in [6.45, 7) is 0. The Hall–Kier alpha value is -2.62. The quantitative estimate of drug-likeness (QED) is 0.692. The molecule has 0 aromatic heterocycles. The third-order valence-electron chi connectivity index (χ3n) is 4.73. The first kappa shape index (κ1) is 13.8. The molecular weight excluding hydrogens is 298 g/mol. The number of hydrogen-bond acceptors (Lipinski definition) is 3. The van der Waals surface area contributed by atoms with Crippen molar-refractivity contribution in [2.24, 2.45) is 0 Å². The summed E-state index contributed by atoms with van der Waals surface area (Å²) in [6.07, 6.45) is 0.463. The number of fused-ring (bicyclic) bond motifs is 4. The van der Waals surface area contributed by atoms with Crippen molar-refractivity contribution in [1.29, 1.82) is 0 Å². The molecule has 2 unspecified atom stereocenters. The van der Waals surface area contributed by atoms with E-state index < -0.39 is 5.79 Å². The van der Waals surface area contributed by atoms with Gasteiger partial charge in [-0.2, -0.15) is 0 Å². The molecule has 0 N–H and O–H groups in total. The van der Waals surface area contributed by atoms with Crippen LogP contribution in [0.15, 0.2) is 84.9 Å². The highest BCUT2D eigenvalue weighted by Gasteiger charge is 2.53. The average molecular weight is 315 g/mol. The van der Waals surface area contributed by atoms with Gasteiger partial charge in [-0.3, -0.25) is 0 Å². The van der Waals surface area contributed by atoms with Gasteiger partial charge in [0.2, 0.25) is 5.79 Å². The van der Waals surface area contributed by atoms with Crippen molar-refractivity contribution in [3.8, 4) is 0 Å². The summed E-state index contributed by atoms with van der Waals surface area (Å²) in [5.41, 5.74) is 4.49. The number of para-hydroxylation sites is 1. The van der Waals surface area contributed by atoms with Crippen molar-refractivity contribution in [3.05, 3.63) is 102 Å². The standard InChI is InChI=1S/C21H17NO2/c1-3-10-17(11-4-1)21-15-16-9-7-8-14-19(16)20(23-21)22(24-21)18-12-5-2-6-13-18/h1-14,20H,15H2. The molecule has 2 aliphatic rings. The zero-order valence-electron chi connectivity index (χ0n) is 13.1. The molecular formula is C21H17NO2. The van der Waals surface area contributed by atoms with Crippen molar-refractivity contribution < 1.29 is 9.57 Å². The molecule has 2 aliphatic heterocycles. The summed E-state index contributed by atoms with van der Waals surface area (Å²) in [7, 11) is 0. The van der Waals surface area contributed by atoms with Crippen LogP contribution < -0.4 is 5.06 Å². The molecule has 118 valence electrons. The van der Waals surface area contributed by atoms with Gasteiger partial charge >= 0.3 is 0 Å². The van der Waals surface area contributed by atoms with E-state index in [-0.39, 0.29) is 6.23 Å². The van der Waals surface area contributed by atoms with Crippen LogP contribution in [-0.4, -0.2) is 0 Å². The van der Waals surface area contributed by atoms with Crippen LogP contribution in [0.1, 0.15) is 22.9 Å². The molecule has 2 bridgehead atoms. The predicted molar refractivity (Wildman–Crippen MR) is 92.1 cm³/mol. The van der Waals surface area contributed by atoms with Crippen LogP contribution >= 0.6 is 0 Å². The number of ether oxygens (including phenoxy) is 1. The molecule has 2 atom stereocenters. The fourth-order valence-corrected chi connectivity index (χ4v) is 3.58. The lowest BCUT2D eigenvalue weighted by atomic mass is 9.91. The number of anilines is 1. The largest absolute Gasteiger partial charge is 0.313 e. The van der Waals surface area contributed by atoms with Gasteiger partial charge in [-0.1, -0.05) is 72.8 Å². The van der Waals surface area contributed by atoms with Crippen LogP contribution in [0.25, 0.3) is 0 Å². The van der Waals surface area contributed by atoms with Crippen molar-refractivity contribution in [3.63, 3.8) is 0 Å². The highest BCUT2D eigenvalue weighted by atomic mass is 16.9. The van der Waals surface area contributed by atoms with Gasteiger partial charge in [0.25, 0.3) is 0 Å². The van der Waals surface area contributed by atoms with Gasteiger partial charge in [-0.25, -0.2) is 9.90 Å². The van der Waals surface area contributed by atoms with E-state index in [1.165, 1.54) is 11.1 Å². The van der Waals surface area contributed by atoms with Gasteiger partial charge in [0.05, 0.1) is 5.69 Å². The second-order valence-electron chi connectivity index (χ2n) is 6.22. The third kappa shape index (κ3) is 1.99. The van der Waals surface area contributed by atoms with Gasteiger partial charge in [0, 0.05) is 17.5 Å². The molecule has 0 aliphatic carbocycles. The minimum atomic E-state index is -0.768. The van der Waals surface area contributed by atoms with Crippen molar-refractivity contribution in [2.75, 3.05) is 5.06 Å². The van der Waals surface area contributed by atoms with Crippen LogP contribution in [0.4, 0.5) is 5.69 Å². The fraction of sp³-hybridized carbons (Fsp3) is 0.143. The first-order valence-corrected chi connectivity index (χ1v) is 8.20. The van der Waals surface area contributed by atoms with Crippen LogP contribution in [-0.2, 0) is 21.8 Å². The summed E-state index contributed by atoms with van der Waals surface area (Å²) >= 11 is 0. The summed E-state index contributed by atoms with van der Waals surface area (Å²) in [6, 6.07) is 28.8. The Bertz CT molecular complexity index is 865. The van der Waals surface area contributed by atoms with E-state index in [9.17, 15) is 0 Å². The number of hydrogen-bond donors (Lipinski definition) is 0. The highest BCUT2D eigenvalue weighted by Crippen LogP contribution is 2.51. The molecule has 3 nitrogen and oxygen atoms in total. The second-order valence-corrected chi connectivity index (χ2v) is 6.22. The molecule has 1 fully saturated rings. The SMILES string of the molecule is c1ccc(N2OC3(c4ccccc4)Cc4ccccc4C2O3)cc1. The molecule has 24 heavy (non-hydrogen) atoms. The van der Waals surface area contributed by atoms with E-state index in [0.717, 1.165) is 11.3 Å². The second kappa shape index (κ2) is 5.20. The Morgan fingerprint density at radius 1 is 0.792 bits per heavy atom. The molecule has 0 amide bonds. The third-order valence-corrected chi connectivity index (χ3v) is 4.73. The van der Waals surface area contributed by atoms with Crippen LogP contribution in [0, 0.1) is 0 Å². The molecule has 3 aromatic carbocycles. The fourth-order valence-electron chi connectivity index (χ4n) is 3.58. The topological polar surface area (TPSA) is 21.7 Å². The Labute approximate surface area is 141 Å². The maximum Gasteiger partial charge on any atom is 0.226 e. The maximum absolute atomic E-state index is 6.47. The lowest BCUT2D eigenvalue weighted by molar-refractivity contribution is -0.185. The first-order chi connectivity index (χ1) is 11.9. The maximum atomic E-state index is 6.47. The van der Waals surface area contributed by atoms with E-state index >= 15 is 0 Å². The smallest absolute Gasteiger partial charge is 0.226 e. The van der Waals surface area contributed by atoms with Crippen LogP contribution in [0.3, 0.4) is 0 Å². The van der Waals surface area contributed by atoms with E-state index in [0.29, 0.717) is 6.42 Å². The number of benzene rings is 3. The van der Waals surface area contributed by atoms with Gasteiger partial charge in [-0.05, 0) is 17.7 Å². The number of rotatable bonds is 2. The Balaban J connectivity index is 1.67. The van der Waals surface area contributed by atoms with E-state index in [1.807, 2.05) is 53.6 Å². The van der Waals surface area contributed by atoms with Gasteiger partial charge in [0.15, 0.2) is 6.23 Å². The molecule has 3 heteroatoms. The predicted octanol–water partition coefficient (Wildman–Crippen LogP) is 4.56. The summed E-state index contributed by atoms with van der Waals surface area (Å²) in [4.78, 5) is 6.44. The molecule has 1 saturated heterocycles. The van der Waals surface area contributed by atoms with E-state index in [2.05, 4.69) is 36.4 Å². The van der Waals surface area contributed by atoms with Gasteiger partial charge in [0.1, 0.15) is 0 Å². The zero-order chi connectivity index (χ0) is 16.0.